The number of fused-ring (bicyclic) bond motifs is 1. The maximum atomic E-state index is 11.9. The second-order valence-electron chi connectivity index (χ2n) is 8.97. The number of hydrogen-bond acceptors (Lipinski definition) is 7. The van der Waals surface area contributed by atoms with Crippen LogP contribution < -0.4 is 0 Å². The van der Waals surface area contributed by atoms with Gasteiger partial charge in [0.05, 0.1) is 23.2 Å². The number of Topliss-reactive ketones (excluding diaryl/α,β-unsaturated/α-hetero) is 1. The summed E-state index contributed by atoms with van der Waals surface area (Å²) in [5, 5.41) is 28.8. The van der Waals surface area contributed by atoms with Crippen molar-refractivity contribution in [2.45, 2.75) is 51.0 Å². The van der Waals surface area contributed by atoms with Gasteiger partial charge < -0.3 is 14.9 Å². The Morgan fingerprint density at radius 2 is 1.54 bits per heavy atom. The number of nitrogens with zero attached hydrogens (tertiary/aromatic N) is 2. The highest BCUT2D eigenvalue weighted by Crippen LogP contribution is 2.35. The summed E-state index contributed by atoms with van der Waals surface area (Å²) in [5.74, 6) is 1.26. The lowest BCUT2D eigenvalue weighted by Crippen LogP contribution is -2.22. The number of phenolic OH excluding ortho intramolecular Hbond substituents is 2. The van der Waals surface area contributed by atoms with Crippen molar-refractivity contribution in [3.63, 3.8) is 0 Å². The fraction of sp³-hybridized carbons (Fsp3) is 0.393. The second kappa shape index (κ2) is 12.2. The van der Waals surface area contributed by atoms with E-state index in [0.717, 1.165) is 65.7 Å². The van der Waals surface area contributed by atoms with E-state index in [1.165, 1.54) is 0 Å². The molecule has 35 heavy (non-hydrogen) atoms. The zero-order valence-electron chi connectivity index (χ0n) is 20.1. The average molecular weight is 493 g/mol. The van der Waals surface area contributed by atoms with Crippen LogP contribution in [0.15, 0.2) is 48.5 Å². The molecule has 0 bridgehead atoms. The van der Waals surface area contributed by atoms with E-state index in [1.54, 1.807) is 36.0 Å². The van der Waals surface area contributed by atoms with Crippen LogP contribution in [0, 0.1) is 0 Å². The summed E-state index contributed by atoms with van der Waals surface area (Å²) in [4.78, 5) is 11.9. The average Bonchev–Trinajstić information content (AvgIpc) is 2.84. The van der Waals surface area contributed by atoms with E-state index in [9.17, 15) is 15.0 Å². The summed E-state index contributed by atoms with van der Waals surface area (Å²) in [6, 6.07) is 14.2. The van der Waals surface area contributed by atoms with Crippen LogP contribution in [0.25, 0.3) is 22.5 Å². The van der Waals surface area contributed by atoms with Crippen molar-refractivity contribution in [3.8, 4) is 34.0 Å². The Morgan fingerprint density at radius 3 is 2.14 bits per heavy atom. The zero-order valence-corrected chi connectivity index (χ0v) is 20.9. The first-order valence-electron chi connectivity index (χ1n) is 12.1. The van der Waals surface area contributed by atoms with E-state index in [0.29, 0.717) is 25.2 Å². The summed E-state index contributed by atoms with van der Waals surface area (Å²) in [6.45, 7) is 0.567. The molecule has 4 rings (SSSR count). The molecule has 2 N–H and O–H groups in total. The van der Waals surface area contributed by atoms with E-state index in [-0.39, 0.29) is 23.4 Å². The van der Waals surface area contributed by atoms with E-state index in [1.807, 2.05) is 30.5 Å². The number of rotatable bonds is 9. The SMILES string of the molecule is CSCC(=O)CCCOC1CCCCc2c(-c3ccc(O)cc3)nnc(-c3ccc(O)cc3)c2C1. The van der Waals surface area contributed by atoms with Gasteiger partial charge in [0.2, 0.25) is 0 Å². The summed E-state index contributed by atoms with van der Waals surface area (Å²) in [7, 11) is 0. The van der Waals surface area contributed by atoms with Crippen LogP contribution in [0.4, 0.5) is 0 Å². The highest BCUT2D eigenvalue weighted by Gasteiger charge is 2.24. The van der Waals surface area contributed by atoms with Gasteiger partial charge in [0.25, 0.3) is 0 Å². The number of thioether (sulfide) groups is 1. The standard InChI is InChI=1S/C28H32N2O4S/c1-35-18-23(33)5-4-16-34-24-6-2-3-7-25-26(17-24)28(20-10-14-22(32)15-11-20)30-29-27(25)19-8-12-21(31)13-9-19/h8-15,24,31-32H,2-7,16-18H2,1H3. The Kier molecular flexibility index (Phi) is 8.77. The molecule has 0 saturated carbocycles. The summed E-state index contributed by atoms with van der Waals surface area (Å²) in [6.07, 6.45) is 7.92. The van der Waals surface area contributed by atoms with Gasteiger partial charge in [-0.2, -0.15) is 11.8 Å². The molecule has 6 nitrogen and oxygen atoms in total. The molecule has 0 spiro atoms. The Bertz CT molecular complexity index is 1130. The van der Waals surface area contributed by atoms with Crippen LogP contribution in [0.1, 0.15) is 43.2 Å². The number of phenols is 2. The van der Waals surface area contributed by atoms with Crippen molar-refractivity contribution in [1.29, 1.82) is 0 Å². The summed E-state index contributed by atoms with van der Waals surface area (Å²) < 4.78 is 6.29. The number of ketones is 1. The lowest BCUT2D eigenvalue weighted by atomic mass is 9.87. The van der Waals surface area contributed by atoms with E-state index < -0.39 is 0 Å². The highest BCUT2D eigenvalue weighted by molar-refractivity contribution is 7.99. The topological polar surface area (TPSA) is 92.5 Å². The monoisotopic (exact) mass is 492 g/mol. The van der Waals surface area contributed by atoms with E-state index in [2.05, 4.69) is 10.2 Å². The number of carbonyl (C=O) groups is 1. The molecule has 2 aromatic carbocycles. The van der Waals surface area contributed by atoms with Gasteiger partial charge in [0.1, 0.15) is 17.3 Å². The number of hydrogen-bond donors (Lipinski definition) is 2. The molecule has 3 aromatic rings. The number of aromatic nitrogens is 2. The quantitative estimate of drug-likeness (QED) is 0.376. The highest BCUT2D eigenvalue weighted by atomic mass is 32.2. The first-order valence-corrected chi connectivity index (χ1v) is 13.5. The predicted molar refractivity (Wildman–Crippen MR) is 140 cm³/mol. The Balaban J connectivity index is 1.65. The molecule has 0 amide bonds. The summed E-state index contributed by atoms with van der Waals surface area (Å²) >= 11 is 1.56. The maximum Gasteiger partial charge on any atom is 0.142 e. The van der Waals surface area contributed by atoms with Crippen LogP contribution in [0.3, 0.4) is 0 Å². The predicted octanol–water partition coefficient (Wildman–Crippen LogP) is 5.59. The van der Waals surface area contributed by atoms with Crippen LogP contribution >= 0.6 is 11.8 Å². The molecule has 0 saturated heterocycles. The number of ether oxygens (including phenoxy) is 1. The first kappa shape index (κ1) is 25.2. The molecular weight excluding hydrogens is 460 g/mol. The molecule has 184 valence electrons. The van der Waals surface area contributed by atoms with Gasteiger partial charge in [-0.05, 0) is 91.6 Å². The molecule has 7 heteroatoms. The molecule has 1 aliphatic rings. The molecule has 1 unspecified atom stereocenters. The number of carbonyl (C=O) groups excluding carboxylic acids is 1. The van der Waals surface area contributed by atoms with Gasteiger partial charge in [0.15, 0.2) is 0 Å². The zero-order chi connectivity index (χ0) is 24.6. The minimum Gasteiger partial charge on any atom is -0.508 e. The number of benzene rings is 2. The van der Waals surface area contributed by atoms with Gasteiger partial charge in [-0.25, -0.2) is 0 Å². The first-order chi connectivity index (χ1) is 17.0. The Hall–Kier alpha value is -2.90. The molecule has 0 radical (unpaired) electrons. The smallest absolute Gasteiger partial charge is 0.142 e. The van der Waals surface area contributed by atoms with Crippen molar-refractivity contribution >= 4 is 17.5 Å². The normalized spacial score (nSPS) is 15.7. The molecule has 1 aliphatic carbocycles. The van der Waals surface area contributed by atoms with Crippen molar-refractivity contribution in [1.82, 2.24) is 10.2 Å². The fourth-order valence-corrected chi connectivity index (χ4v) is 5.06. The van der Waals surface area contributed by atoms with Crippen LogP contribution in [0.5, 0.6) is 11.5 Å². The van der Waals surface area contributed by atoms with E-state index in [4.69, 9.17) is 4.74 Å². The van der Waals surface area contributed by atoms with Crippen molar-refractivity contribution in [2.24, 2.45) is 0 Å². The third kappa shape index (κ3) is 6.61. The Morgan fingerprint density at radius 1 is 0.943 bits per heavy atom. The van der Waals surface area contributed by atoms with Gasteiger partial charge in [-0.3, -0.25) is 4.79 Å². The van der Waals surface area contributed by atoms with Crippen LogP contribution in [0.2, 0.25) is 0 Å². The summed E-state index contributed by atoms with van der Waals surface area (Å²) in [5.41, 5.74) is 5.77. The molecule has 1 atom stereocenters. The van der Waals surface area contributed by atoms with E-state index >= 15 is 0 Å². The van der Waals surface area contributed by atoms with Crippen LogP contribution in [-0.2, 0) is 22.4 Å². The molecular formula is C28H32N2O4S. The van der Waals surface area contributed by atoms with Crippen molar-refractivity contribution < 1.29 is 19.7 Å². The third-order valence-corrected chi connectivity index (χ3v) is 6.97. The van der Waals surface area contributed by atoms with Gasteiger partial charge in [0, 0.05) is 30.6 Å². The fourth-order valence-electron chi connectivity index (χ4n) is 4.60. The molecule has 1 aromatic heterocycles. The number of aromatic hydroxyl groups is 2. The molecule has 1 heterocycles. The lowest BCUT2D eigenvalue weighted by molar-refractivity contribution is -0.117. The van der Waals surface area contributed by atoms with Crippen molar-refractivity contribution in [2.75, 3.05) is 18.6 Å². The molecule has 0 aliphatic heterocycles. The minimum absolute atomic E-state index is 0.0393. The second-order valence-corrected chi connectivity index (χ2v) is 9.83. The van der Waals surface area contributed by atoms with Gasteiger partial charge >= 0.3 is 0 Å². The maximum absolute atomic E-state index is 11.9. The van der Waals surface area contributed by atoms with Crippen molar-refractivity contribution in [3.05, 3.63) is 59.7 Å². The van der Waals surface area contributed by atoms with Crippen LogP contribution in [-0.4, -0.2) is 50.9 Å². The minimum atomic E-state index is 0.0393. The third-order valence-electron chi connectivity index (χ3n) is 6.36. The van der Waals surface area contributed by atoms with Gasteiger partial charge in [-0.1, -0.05) is 6.42 Å². The molecule has 0 fully saturated rings. The Labute approximate surface area is 210 Å². The largest absolute Gasteiger partial charge is 0.508 e. The van der Waals surface area contributed by atoms with Gasteiger partial charge in [-0.15, -0.1) is 10.2 Å². The lowest BCUT2D eigenvalue weighted by Gasteiger charge is -2.25.